The number of nitrogens with zero attached hydrogens (tertiary/aromatic N) is 1. The molecule has 200 valence electrons. The van der Waals surface area contributed by atoms with E-state index in [9.17, 15) is 30.0 Å². The van der Waals surface area contributed by atoms with Gasteiger partial charge in [-0.2, -0.15) is 25.9 Å². The van der Waals surface area contributed by atoms with Crippen LogP contribution in [-0.4, -0.2) is 27.2 Å². The summed E-state index contributed by atoms with van der Waals surface area (Å²) >= 11 is 0. The molecular weight excluding hydrogens is 539 g/mol. The molecule has 0 aliphatic rings. The van der Waals surface area contributed by atoms with Gasteiger partial charge in [-0.15, -0.1) is 0 Å². The van der Waals surface area contributed by atoms with Crippen LogP contribution in [0.5, 0.6) is 5.75 Å². The van der Waals surface area contributed by atoms with Gasteiger partial charge in [0.05, 0.1) is 10.5 Å². The van der Waals surface area contributed by atoms with Crippen molar-refractivity contribution in [3.8, 4) is 5.75 Å². The summed E-state index contributed by atoms with van der Waals surface area (Å²) < 4.78 is 97.9. The SMILES string of the molecule is CC(C)N(Cc1cccc(OS(=O)(=O)c2cccc(C(F)(F)F)c2)c1)S(=O)(=O)c1ccc2ccccc2c1. The van der Waals surface area contributed by atoms with Gasteiger partial charge in [-0.3, -0.25) is 0 Å². The molecule has 4 aromatic carbocycles. The van der Waals surface area contributed by atoms with E-state index in [4.69, 9.17) is 4.18 Å². The number of fused-ring (bicyclic) bond motifs is 1. The minimum atomic E-state index is -4.72. The van der Waals surface area contributed by atoms with Gasteiger partial charge < -0.3 is 4.18 Å². The Labute approximate surface area is 219 Å². The fraction of sp³-hybridized carbons (Fsp3) is 0.185. The van der Waals surface area contributed by atoms with Gasteiger partial charge in [0.25, 0.3) is 0 Å². The molecule has 0 saturated heterocycles. The average Bonchev–Trinajstić information content (AvgIpc) is 2.86. The topological polar surface area (TPSA) is 80.8 Å². The summed E-state index contributed by atoms with van der Waals surface area (Å²) in [6, 6.07) is 20.8. The van der Waals surface area contributed by atoms with E-state index in [1.807, 2.05) is 24.3 Å². The lowest BCUT2D eigenvalue weighted by Gasteiger charge is -2.26. The molecule has 38 heavy (non-hydrogen) atoms. The Morgan fingerprint density at radius 3 is 2.13 bits per heavy atom. The summed E-state index contributed by atoms with van der Waals surface area (Å²) in [6.45, 7) is 3.35. The third-order valence-corrected chi connectivity index (χ3v) is 9.06. The Hall–Kier alpha value is -3.41. The largest absolute Gasteiger partial charge is 0.416 e. The fourth-order valence-electron chi connectivity index (χ4n) is 3.89. The average molecular weight is 564 g/mol. The molecule has 0 aliphatic heterocycles. The quantitative estimate of drug-likeness (QED) is 0.238. The van der Waals surface area contributed by atoms with Crippen molar-refractivity contribution in [3.63, 3.8) is 0 Å². The molecule has 4 aromatic rings. The van der Waals surface area contributed by atoms with E-state index in [1.54, 1.807) is 32.0 Å². The summed E-state index contributed by atoms with van der Waals surface area (Å²) in [5.74, 6) is -0.160. The fourth-order valence-corrected chi connectivity index (χ4v) is 6.52. The van der Waals surface area contributed by atoms with E-state index in [1.165, 1.54) is 28.6 Å². The first kappa shape index (κ1) is 27.6. The molecular formula is C27H24F3NO5S2. The summed E-state index contributed by atoms with van der Waals surface area (Å²) in [4.78, 5) is -0.537. The van der Waals surface area contributed by atoms with Crippen LogP contribution in [-0.2, 0) is 32.9 Å². The highest BCUT2D eigenvalue weighted by atomic mass is 32.2. The molecule has 0 N–H and O–H groups in total. The molecule has 0 fully saturated rings. The molecule has 0 bridgehead atoms. The van der Waals surface area contributed by atoms with Crippen molar-refractivity contribution in [2.45, 2.75) is 42.4 Å². The molecule has 0 radical (unpaired) electrons. The maximum atomic E-state index is 13.5. The second kappa shape index (κ2) is 10.4. The number of benzene rings is 4. The van der Waals surface area contributed by atoms with Crippen molar-refractivity contribution in [1.29, 1.82) is 0 Å². The number of rotatable bonds is 8. The molecule has 0 spiro atoms. The van der Waals surface area contributed by atoms with Gasteiger partial charge in [0.15, 0.2) is 0 Å². The van der Waals surface area contributed by atoms with E-state index < -0.39 is 42.8 Å². The van der Waals surface area contributed by atoms with Crippen LogP contribution in [0, 0.1) is 0 Å². The highest BCUT2D eigenvalue weighted by Gasteiger charge is 2.32. The van der Waals surface area contributed by atoms with E-state index >= 15 is 0 Å². The van der Waals surface area contributed by atoms with Crippen molar-refractivity contribution in [2.24, 2.45) is 0 Å². The molecule has 0 amide bonds. The van der Waals surface area contributed by atoms with Crippen LogP contribution >= 0.6 is 0 Å². The first-order valence-electron chi connectivity index (χ1n) is 11.5. The maximum Gasteiger partial charge on any atom is 0.416 e. The lowest BCUT2D eigenvalue weighted by atomic mass is 10.1. The second-order valence-electron chi connectivity index (χ2n) is 8.86. The Balaban J connectivity index is 1.60. The molecule has 0 unspecified atom stereocenters. The lowest BCUT2D eigenvalue weighted by molar-refractivity contribution is -0.137. The van der Waals surface area contributed by atoms with Gasteiger partial charge in [0.1, 0.15) is 10.6 Å². The third-order valence-electron chi connectivity index (χ3n) is 5.80. The first-order chi connectivity index (χ1) is 17.8. The molecule has 11 heteroatoms. The zero-order chi connectivity index (χ0) is 27.7. The van der Waals surface area contributed by atoms with Gasteiger partial charge in [-0.1, -0.05) is 48.5 Å². The zero-order valence-electron chi connectivity index (χ0n) is 20.4. The predicted molar refractivity (Wildman–Crippen MR) is 138 cm³/mol. The maximum absolute atomic E-state index is 13.5. The Morgan fingerprint density at radius 2 is 1.45 bits per heavy atom. The predicted octanol–water partition coefficient (Wildman–Crippen LogP) is 6.23. The Morgan fingerprint density at radius 1 is 0.763 bits per heavy atom. The Kier molecular flexibility index (Phi) is 7.55. The summed E-state index contributed by atoms with van der Waals surface area (Å²) in [5, 5.41) is 1.67. The number of halogens is 3. The minimum absolute atomic E-state index is 0.0896. The van der Waals surface area contributed by atoms with Crippen LogP contribution in [0.2, 0.25) is 0 Å². The van der Waals surface area contributed by atoms with Gasteiger partial charge in [-0.05, 0) is 72.6 Å². The van der Waals surface area contributed by atoms with Crippen molar-refractivity contribution in [3.05, 3.63) is 102 Å². The highest BCUT2D eigenvalue weighted by Crippen LogP contribution is 2.31. The molecule has 0 heterocycles. The van der Waals surface area contributed by atoms with Crippen LogP contribution in [0.25, 0.3) is 10.8 Å². The normalized spacial score (nSPS) is 12.8. The van der Waals surface area contributed by atoms with Crippen molar-refractivity contribution in [1.82, 2.24) is 4.31 Å². The molecule has 0 atom stereocenters. The zero-order valence-corrected chi connectivity index (χ0v) is 22.0. The standard InChI is InChI=1S/C27H24F3NO5S2/c1-19(2)31(37(32,33)25-14-13-21-8-3-4-9-22(21)16-25)18-20-7-5-11-24(15-20)36-38(34,35)26-12-6-10-23(17-26)27(28,29)30/h3-17,19H,18H2,1-2H3. The second-order valence-corrected chi connectivity index (χ2v) is 12.3. The number of hydrogen-bond donors (Lipinski definition) is 0. The molecule has 4 rings (SSSR count). The first-order valence-corrected chi connectivity index (χ1v) is 14.3. The number of hydrogen-bond acceptors (Lipinski definition) is 5. The molecule has 0 saturated carbocycles. The van der Waals surface area contributed by atoms with E-state index in [0.717, 1.165) is 29.0 Å². The van der Waals surface area contributed by atoms with Gasteiger partial charge in [0.2, 0.25) is 10.0 Å². The third kappa shape index (κ3) is 6.01. The van der Waals surface area contributed by atoms with Crippen LogP contribution in [0.15, 0.2) is 101 Å². The van der Waals surface area contributed by atoms with Gasteiger partial charge in [0, 0.05) is 12.6 Å². The van der Waals surface area contributed by atoms with E-state index in [-0.39, 0.29) is 17.2 Å². The van der Waals surface area contributed by atoms with Crippen LogP contribution in [0.3, 0.4) is 0 Å². The van der Waals surface area contributed by atoms with Crippen molar-refractivity contribution in [2.75, 3.05) is 0 Å². The molecule has 0 aromatic heterocycles. The van der Waals surface area contributed by atoms with Gasteiger partial charge in [-0.25, -0.2) is 8.42 Å². The van der Waals surface area contributed by atoms with Crippen LogP contribution < -0.4 is 4.18 Å². The number of alkyl halides is 3. The van der Waals surface area contributed by atoms with Crippen molar-refractivity contribution < 1.29 is 34.2 Å². The van der Waals surface area contributed by atoms with Crippen LogP contribution in [0.1, 0.15) is 25.0 Å². The van der Waals surface area contributed by atoms with E-state index in [2.05, 4.69) is 0 Å². The van der Waals surface area contributed by atoms with Crippen LogP contribution in [0.4, 0.5) is 13.2 Å². The smallest absolute Gasteiger partial charge is 0.379 e. The number of sulfonamides is 1. The summed E-state index contributed by atoms with van der Waals surface area (Å²) in [5.41, 5.74) is -0.692. The Bertz CT molecular complexity index is 1680. The highest BCUT2D eigenvalue weighted by molar-refractivity contribution is 7.89. The van der Waals surface area contributed by atoms with Crippen molar-refractivity contribution >= 4 is 30.9 Å². The summed E-state index contributed by atoms with van der Waals surface area (Å²) in [6.07, 6.45) is -4.72. The van der Waals surface area contributed by atoms with Gasteiger partial charge >= 0.3 is 16.3 Å². The molecule has 0 aliphatic carbocycles. The minimum Gasteiger partial charge on any atom is -0.379 e. The lowest BCUT2D eigenvalue weighted by Crippen LogP contribution is -2.36. The monoisotopic (exact) mass is 563 g/mol. The molecule has 6 nitrogen and oxygen atoms in total. The van der Waals surface area contributed by atoms with E-state index in [0.29, 0.717) is 11.6 Å². The summed E-state index contributed by atoms with van der Waals surface area (Å²) in [7, 11) is -8.51.